The van der Waals surface area contributed by atoms with Crippen molar-refractivity contribution in [3.63, 3.8) is 0 Å². The minimum atomic E-state index is 0.594. The van der Waals surface area contributed by atoms with Crippen LogP contribution in [0.1, 0.15) is 13.3 Å². The summed E-state index contributed by atoms with van der Waals surface area (Å²) in [6, 6.07) is 0. The average Bonchev–Trinajstić information content (AvgIpc) is 1.83. The van der Waals surface area contributed by atoms with E-state index < -0.39 is 0 Å². The quantitative estimate of drug-likeness (QED) is 0.526. The molecule has 0 aromatic heterocycles. The van der Waals surface area contributed by atoms with Gasteiger partial charge in [-0.15, -0.1) is 6.58 Å². The Morgan fingerprint density at radius 2 is 2.38 bits per heavy atom. The molecule has 0 aliphatic rings. The van der Waals surface area contributed by atoms with Crippen molar-refractivity contribution in [1.82, 2.24) is 0 Å². The van der Waals surface area contributed by atoms with E-state index in [1.165, 1.54) is 0 Å². The lowest BCUT2D eigenvalue weighted by Gasteiger charge is -2.01. The SMILES string of the molecule is [CH2]CCSC(C)C=C. The molecule has 0 spiro atoms. The highest BCUT2D eigenvalue weighted by Crippen LogP contribution is 2.10. The normalized spacial score (nSPS) is 13.2. The highest BCUT2D eigenvalue weighted by atomic mass is 32.2. The van der Waals surface area contributed by atoms with E-state index in [2.05, 4.69) is 20.4 Å². The number of thioether (sulfide) groups is 1. The predicted octanol–water partition coefficient (Wildman–Crippen LogP) is 2.52. The van der Waals surface area contributed by atoms with Gasteiger partial charge < -0.3 is 0 Å². The minimum absolute atomic E-state index is 0.594. The molecule has 0 heterocycles. The van der Waals surface area contributed by atoms with Gasteiger partial charge in [-0.2, -0.15) is 11.8 Å². The zero-order chi connectivity index (χ0) is 6.41. The van der Waals surface area contributed by atoms with Crippen molar-refractivity contribution in [3.05, 3.63) is 19.6 Å². The molecule has 0 rings (SSSR count). The van der Waals surface area contributed by atoms with Crippen molar-refractivity contribution in [2.75, 3.05) is 5.75 Å². The van der Waals surface area contributed by atoms with E-state index in [0.717, 1.165) is 12.2 Å². The summed E-state index contributed by atoms with van der Waals surface area (Å²) >= 11 is 1.90. The highest BCUT2D eigenvalue weighted by Gasteiger charge is 1.91. The first-order chi connectivity index (χ1) is 3.81. The second-order valence-corrected chi connectivity index (χ2v) is 3.15. The first kappa shape index (κ1) is 8.09. The summed E-state index contributed by atoms with van der Waals surface area (Å²) in [4.78, 5) is 0. The standard InChI is InChI=1S/C7H13S/c1-4-6-8-7(3)5-2/h5,7H,1-2,4,6H2,3H3. The summed E-state index contributed by atoms with van der Waals surface area (Å²) < 4.78 is 0. The van der Waals surface area contributed by atoms with Crippen LogP contribution < -0.4 is 0 Å². The maximum Gasteiger partial charge on any atom is 0.0196 e. The van der Waals surface area contributed by atoms with Crippen LogP contribution in [0.5, 0.6) is 0 Å². The number of hydrogen-bond donors (Lipinski definition) is 0. The van der Waals surface area contributed by atoms with Gasteiger partial charge in [0, 0.05) is 5.25 Å². The molecule has 0 aromatic carbocycles. The molecule has 8 heavy (non-hydrogen) atoms. The molecular formula is C7H13S. The summed E-state index contributed by atoms with van der Waals surface area (Å²) in [6.07, 6.45) is 2.98. The molecular weight excluding hydrogens is 116 g/mol. The molecule has 0 saturated heterocycles. The fourth-order valence-corrected chi connectivity index (χ4v) is 1.01. The van der Waals surface area contributed by atoms with E-state index >= 15 is 0 Å². The molecule has 1 heteroatoms. The van der Waals surface area contributed by atoms with Crippen molar-refractivity contribution in [2.45, 2.75) is 18.6 Å². The maximum atomic E-state index is 3.74. The molecule has 0 N–H and O–H groups in total. The summed E-state index contributed by atoms with van der Waals surface area (Å²) in [6.45, 7) is 9.56. The minimum Gasteiger partial charge on any atom is -0.155 e. The lowest BCUT2D eigenvalue weighted by Crippen LogP contribution is -1.89. The molecule has 1 radical (unpaired) electrons. The van der Waals surface area contributed by atoms with E-state index in [1.807, 2.05) is 17.8 Å². The van der Waals surface area contributed by atoms with E-state index in [-0.39, 0.29) is 0 Å². The van der Waals surface area contributed by atoms with Crippen LogP contribution in [0.3, 0.4) is 0 Å². The topological polar surface area (TPSA) is 0 Å². The molecule has 0 aliphatic heterocycles. The molecule has 1 atom stereocenters. The monoisotopic (exact) mass is 129 g/mol. The Bertz CT molecular complexity index is 59.4. The van der Waals surface area contributed by atoms with E-state index in [9.17, 15) is 0 Å². The van der Waals surface area contributed by atoms with Crippen molar-refractivity contribution < 1.29 is 0 Å². The van der Waals surface area contributed by atoms with Crippen molar-refractivity contribution in [3.8, 4) is 0 Å². The van der Waals surface area contributed by atoms with E-state index in [1.54, 1.807) is 0 Å². The van der Waals surface area contributed by atoms with Gasteiger partial charge in [0.15, 0.2) is 0 Å². The average molecular weight is 129 g/mol. The molecule has 0 aromatic rings. The first-order valence-corrected chi connectivity index (χ1v) is 3.89. The van der Waals surface area contributed by atoms with Crippen molar-refractivity contribution in [2.24, 2.45) is 0 Å². The Hall–Kier alpha value is 0.0900. The highest BCUT2D eigenvalue weighted by molar-refractivity contribution is 8.00. The third kappa shape index (κ3) is 4.25. The first-order valence-electron chi connectivity index (χ1n) is 2.84. The van der Waals surface area contributed by atoms with Crippen molar-refractivity contribution >= 4 is 11.8 Å². The van der Waals surface area contributed by atoms with Gasteiger partial charge >= 0.3 is 0 Å². The summed E-state index contributed by atoms with van der Waals surface area (Å²) in [5.41, 5.74) is 0. The van der Waals surface area contributed by atoms with Crippen LogP contribution in [0.2, 0.25) is 0 Å². The van der Waals surface area contributed by atoms with Gasteiger partial charge in [-0.25, -0.2) is 0 Å². The molecule has 0 amide bonds. The number of rotatable bonds is 4. The molecule has 0 bridgehead atoms. The summed E-state index contributed by atoms with van der Waals surface area (Å²) in [5, 5.41) is 0.594. The summed E-state index contributed by atoms with van der Waals surface area (Å²) in [5.74, 6) is 1.15. The molecule has 47 valence electrons. The van der Waals surface area contributed by atoms with Gasteiger partial charge in [-0.1, -0.05) is 13.0 Å². The smallest absolute Gasteiger partial charge is 0.0196 e. The molecule has 0 fully saturated rings. The van der Waals surface area contributed by atoms with Crippen LogP contribution in [0, 0.1) is 6.92 Å². The van der Waals surface area contributed by atoms with Gasteiger partial charge in [-0.05, 0) is 19.1 Å². The van der Waals surface area contributed by atoms with Crippen LogP contribution >= 0.6 is 11.8 Å². The third-order valence-electron chi connectivity index (χ3n) is 0.857. The Morgan fingerprint density at radius 3 is 2.75 bits per heavy atom. The second-order valence-electron chi connectivity index (χ2n) is 1.67. The zero-order valence-electron chi connectivity index (χ0n) is 5.39. The maximum absolute atomic E-state index is 3.74. The predicted molar refractivity (Wildman–Crippen MR) is 42.1 cm³/mol. The van der Waals surface area contributed by atoms with Crippen LogP contribution in [0.15, 0.2) is 12.7 Å². The molecule has 0 aliphatic carbocycles. The van der Waals surface area contributed by atoms with Gasteiger partial charge in [0.25, 0.3) is 0 Å². The molecule has 1 unspecified atom stereocenters. The summed E-state index contributed by atoms with van der Waals surface area (Å²) in [7, 11) is 0. The zero-order valence-corrected chi connectivity index (χ0v) is 6.21. The van der Waals surface area contributed by atoms with Crippen LogP contribution in [-0.4, -0.2) is 11.0 Å². The Labute approximate surface area is 56.4 Å². The van der Waals surface area contributed by atoms with Crippen molar-refractivity contribution in [1.29, 1.82) is 0 Å². The lowest BCUT2D eigenvalue weighted by molar-refractivity contribution is 1.20. The fraction of sp³-hybridized carbons (Fsp3) is 0.571. The van der Waals surface area contributed by atoms with E-state index in [0.29, 0.717) is 5.25 Å². The molecule has 0 nitrogen and oxygen atoms in total. The van der Waals surface area contributed by atoms with Gasteiger partial charge in [0.1, 0.15) is 0 Å². The van der Waals surface area contributed by atoms with E-state index in [4.69, 9.17) is 0 Å². The number of hydrogen-bond acceptors (Lipinski definition) is 1. The van der Waals surface area contributed by atoms with Crippen LogP contribution in [-0.2, 0) is 0 Å². The van der Waals surface area contributed by atoms with Gasteiger partial charge in [0.05, 0.1) is 0 Å². The van der Waals surface area contributed by atoms with Crippen LogP contribution in [0.4, 0.5) is 0 Å². The largest absolute Gasteiger partial charge is 0.155 e. The molecule has 0 saturated carbocycles. The third-order valence-corrected chi connectivity index (χ3v) is 2.10. The Balaban J connectivity index is 2.98. The lowest BCUT2D eigenvalue weighted by atomic mass is 10.5. The Morgan fingerprint density at radius 1 is 1.75 bits per heavy atom. The Kier molecular flexibility index (Phi) is 5.29. The second kappa shape index (κ2) is 5.23. The van der Waals surface area contributed by atoms with Gasteiger partial charge in [0.2, 0.25) is 0 Å². The van der Waals surface area contributed by atoms with Crippen LogP contribution in [0.25, 0.3) is 0 Å². The fourth-order valence-electron chi connectivity index (χ4n) is 0.337. The van der Waals surface area contributed by atoms with Gasteiger partial charge in [-0.3, -0.25) is 0 Å².